The Hall–Kier alpha value is -2.71. The van der Waals surface area contributed by atoms with Crippen molar-refractivity contribution in [3.8, 4) is 5.75 Å². The molecule has 2 aliphatic rings. The van der Waals surface area contributed by atoms with Crippen LogP contribution in [0.15, 0.2) is 24.3 Å². The molecule has 1 saturated heterocycles. The molecule has 0 amide bonds. The molecule has 2 aromatic rings. The molecule has 37 heavy (non-hydrogen) atoms. The number of halogens is 1. The number of aryl methyl sites for hydroxylation is 3. The molecule has 0 aliphatic carbocycles. The van der Waals surface area contributed by atoms with Crippen molar-refractivity contribution in [1.82, 2.24) is 9.88 Å². The summed E-state index contributed by atoms with van der Waals surface area (Å²) in [4.78, 5) is 18.9. The van der Waals surface area contributed by atoms with Crippen LogP contribution in [0.25, 0.3) is 0 Å². The Morgan fingerprint density at radius 2 is 2.14 bits per heavy atom. The Bertz CT molecular complexity index is 1060. The maximum atomic E-state index is 14.7. The van der Waals surface area contributed by atoms with Crippen LogP contribution in [0.5, 0.6) is 5.75 Å². The summed E-state index contributed by atoms with van der Waals surface area (Å²) in [5.74, 6) is -0.447. The number of hydrogen-bond acceptors (Lipinski definition) is 6. The number of benzene rings is 1. The molecule has 2 N–H and O–H groups in total. The van der Waals surface area contributed by atoms with E-state index >= 15 is 0 Å². The van der Waals surface area contributed by atoms with Gasteiger partial charge < -0.3 is 19.9 Å². The third-order valence-corrected chi connectivity index (χ3v) is 7.33. The van der Waals surface area contributed by atoms with E-state index in [2.05, 4.69) is 17.4 Å². The van der Waals surface area contributed by atoms with Crippen molar-refractivity contribution < 1.29 is 23.8 Å². The molecule has 2 atom stereocenters. The van der Waals surface area contributed by atoms with Gasteiger partial charge in [-0.1, -0.05) is 25.8 Å². The molecule has 4 rings (SSSR count). The van der Waals surface area contributed by atoms with Crippen molar-refractivity contribution in [2.75, 3.05) is 38.7 Å². The summed E-state index contributed by atoms with van der Waals surface area (Å²) < 4.78 is 26.1. The molecule has 1 unspecified atom stereocenters. The van der Waals surface area contributed by atoms with Gasteiger partial charge in [-0.3, -0.25) is 9.69 Å². The zero-order valence-corrected chi connectivity index (χ0v) is 22.1. The van der Waals surface area contributed by atoms with Crippen molar-refractivity contribution >= 4 is 11.8 Å². The molecule has 1 aromatic carbocycles. The minimum atomic E-state index is -1.00. The topological polar surface area (TPSA) is 83.9 Å². The Balaban J connectivity index is 1.25. The average molecular weight is 514 g/mol. The number of hydrogen-bond donors (Lipinski definition) is 2. The van der Waals surface area contributed by atoms with Gasteiger partial charge in [-0.2, -0.15) is 0 Å². The fourth-order valence-corrected chi connectivity index (χ4v) is 5.48. The Morgan fingerprint density at radius 3 is 2.92 bits per heavy atom. The van der Waals surface area contributed by atoms with Crippen LogP contribution in [0.1, 0.15) is 73.9 Å². The highest BCUT2D eigenvalue weighted by atomic mass is 19.1. The van der Waals surface area contributed by atoms with Gasteiger partial charge in [-0.15, -0.1) is 0 Å². The number of unbranched alkanes of at least 4 members (excludes halogenated alkanes) is 2. The molecule has 0 bridgehead atoms. The van der Waals surface area contributed by atoms with Crippen LogP contribution in [0.2, 0.25) is 0 Å². The summed E-state index contributed by atoms with van der Waals surface area (Å²) in [5.41, 5.74) is 3.62. The van der Waals surface area contributed by atoms with E-state index in [0.717, 1.165) is 68.6 Å². The maximum Gasteiger partial charge on any atom is 0.325 e. The van der Waals surface area contributed by atoms with Crippen LogP contribution in [0.4, 0.5) is 10.2 Å². The van der Waals surface area contributed by atoms with Crippen molar-refractivity contribution in [2.45, 2.75) is 76.9 Å². The minimum Gasteiger partial charge on any atom is -0.493 e. The number of carboxylic acid groups (broad SMARTS) is 1. The van der Waals surface area contributed by atoms with E-state index in [4.69, 9.17) is 14.5 Å². The van der Waals surface area contributed by atoms with Gasteiger partial charge >= 0.3 is 5.97 Å². The summed E-state index contributed by atoms with van der Waals surface area (Å²) in [7, 11) is 1.38. The first-order valence-electron chi connectivity index (χ1n) is 13.7. The minimum absolute atomic E-state index is 0.0146. The summed E-state index contributed by atoms with van der Waals surface area (Å²) in [6.45, 7) is 4.76. The summed E-state index contributed by atoms with van der Waals surface area (Å²) in [6.07, 6.45) is 8.58. The van der Waals surface area contributed by atoms with Crippen molar-refractivity contribution in [2.24, 2.45) is 0 Å². The lowest BCUT2D eigenvalue weighted by atomic mass is 9.99. The quantitative estimate of drug-likeness (QED) is 0.358. The first kappa shape index (κ1) is 27.3. The van der Waals surface area contributed by atoms with E-state index in [0.29, 0.717) is 31.7 Å². The summed E-state index contributed by atoms with van der Waals surface area (Å²) in [6, 6.07) is 6.61. The van der Waals surface area contributed by atoms with Crippen LogP contribution in [-0.4, -0.2) is 60.4 Å². The standard InChI is InChI=1S/C29H40FN3O4/c1-3-8-20-17-24(27(36-2)25(30)18-20)26(29(34)35)33-15-13-23(19-33)37-16-6-4-5-10-22-12-11-21-9-7-14-31-28(21)32-22/h11-12,17-18,23,26H,3-10,13-16,19H2,1-2H3,(H,31,32)(H,34,35)/t23-,26?/m1/s1. The zero-order chi connectivity index (χ0) is 26.2. The SMILES string of the molecule is CCCc1cc(F)c(OC)c(C(C(=O)O)N2CC[C@@H](OCCCCCc3ccc4c(n3)NCCC4)C2)c1. The second kappa shape index (κ2) is 13.2. The predicted octanol–water partition coefficient (Wildman–Crippen LogP) is 5.17. The average Bonchev–Trinajstić information content (AvgIpc) is 3.34. The van der Waals surface area contributed by atoms with Crippen LogP contribution >= 0.6 is 0 Å². The molecule has 202 valence electrons. The number of fused-ring (bicyclic) bond motifs is 1. The van der Waals surface area contributed by atoms with Crippen molar-refractivity contribution in [1.29, 1.82) is 0 Å². The maximum absolute atomic E-state index is 14.7. The number of aromatic nitrogens is 1. The molecule has 0 saturated carbocycles. The molecule has 8 heteroatoms. The molecule has 0 spiro atoms. The van der Waals surface area contributed by atoms with E-state index in [1.807, 2.05) is 11.8 Å². The van der Waals surface area contributed by atoms with Crippen LogP contribution < -0.4 is 10.1 Å². The smallest absolute Gasteiger partial charge is 0.325 e. The van der Waals surface area contributed by atoms with Gasteiger partial charge in [-0.25, -0.2) is 9.37 Å². The highest BCUT2D eigenvalue weighted by molar-refractivity contribution is 5.77. The number of methoxy groups -OCH3 is 1. The molecule has 3 heterocycles. The molecule has 0 radical (unpaired) electrons. The molecule has 1 aromatic heterocycles. The third kappa shape index (κ3) is 6.99. The summed E-state index contributed by atoms with van der Waals surface area (Å²) in [5, 5.41) is 13.5. The lowest BCUT2D eigenvalue weighted by Gasteiger charge is -2.26. The van der Waals surface area contributed by atoms with E-state index in [9.17, 15) is 14.3 Å². The van der Waals surface area contributed by atoms with Gasteiger partial charge in [0.25, 0.3) is 0 Å². The number of carboxylic acids is 1. The molecule has 7 nitrogen and oxygen atoms in total. The number of carbonyl (C=O) groups is 1. The number of rotatable bonds is 13. The molecule has 1 fully saturated rings. The lowest BCUT2D eigenvalue weighted by molar-refractivity contribution is -0.143. The van der Waals surface area contributed by atoms with Crippen molar-refractivity contribution in [3.05, 3.63) is 52.5 Å². The monoisotopic (exact) mass is 513 g/mol. The second-order valence-electron chi connectivity index (χ2n) is 10.1. The van der Waals surface area contributed by atoms with Gasteiger partial charge in [0.15, 0.2) is 11.6 Å². The number of aliphatic carboxylic acids is 1. The van der Waals surface area contributed by atoms with Crippen LogP contribution in [-0.2, 0) is 28.8 Å². The fourth-order valence-electron chi connectivity index (χ4n) is 5.48. The van der Waals surface area contributed by atoms with Gasteiger partial charge in [0.1, 0.15) is 11.9 Å². The van der Waals surface area contributed by atoms with E-state index < -0.39 is 17.8 Å². The Labute approximate surface area is 219 Å². The van der Waals surface area contributed by atoms with Gasteiger partial charge in [0.05, 0.1) is 13.2 Å². The molecule has 2 aliphatic heterocycles. The Kier molecular flexibility index (Phi) is 9.75. The van der Waals surface area contributed by atoms with Crippen LogP contribution in [0, 0.1) is 5.82 Å². The lowest BCUT2D eigenvalue weighted by Crippen LogP contribution is -2.34. The van der Waals surface area contributed by atoms with E-state index in [1.165, 1.54) is 25.2 Å². The first-order chi connectivity index (χ1) is 18.0. The normalized spacial score (nSPS) is 18.3. The number of nitrogens with one attached hydrogen (secondary N) is 1. The van der Waals surface area contributed by atoms with Crippen molar-refractivity contribution in [3.63, 3.8) is 0 Å². The highest BCUT2D eigenvalue weighted by Gasteiger charge is 2.36. The zero-order valence-electron chi connectivity index (χ0n) is 22.1. The van der Waals surface area contributed by atoms with Gasteiger partial charge in [-0.05, 0) is 74.3 Å². The number of ether oxygens (including phenoxy) is 2. The fraction of sp³-hybridized carbons (Fsp3) is 0.586. The highest BCUT2D eigenvalue weighted by Crippen LogP contribution is 2.35. The largest absolute Gasteiger partial charge is 0.493 e. The number of likely N-dealkylation sites (tertiary alicyclic amines) is 1. The summed E-state index contributed by atoms with van der Waals surface area (Å²) >= 11 is 0. The molecular formula is C29H40FN3O4. The first-order valence-corrected chi connectivity index (χ1v) is 13.7. The third-order valence-electron chi connectivity index (χ3n) is 7.33. The number of anilines is 1. The van der Waals surface area contributed by atoms with E-state index in [-0.39, 0.29) is 11.9 Å². The Morgan fingerprint density at radius 1 is 1.27 bits per heavy atom. The van der Waals surface area contributed by atoms with Gasteiger partial charge in [0.2, 0.25) is 0 Å². The molecular weight excluding hydrogens is 473 g/mol. The second-order valence-corrected chi connectivity index (χ2v) is 10.1. The predicted molar refractivity (Wildman–Crippen MR) is 142 cm³/mol. The number of pyridine rings is 1. The van der Waals surface area contributed by atoms with E-state index in [1.54, 1.807) is 6.07 Å². The van der Waals surface area contributed by atoms with Crippen LogP contribution in [0.3, 0.4) is 0 Å². The van der Waals surface area contributed by atoms with Gasteiger partial charge in [0, 0.05) is 37.5 Å². The number of nitrogens with zero attached hydrogens (tertiary/aromatic N) is 2.